The first-order chi connectivity index (χ1) is 25.2. The molecule has 1 aliphatic carbocycles. The van der Waals surface area contributed by atoms with Gasteiger partial charge in [-0.2, -0.15) is 0 Å². The molecule has 0 saturated carbocycles. The lowest BCUT2D eigenvalue weighted by atomic mass is 9.87. The van der Waals surface area contributed by atoms with Crippen molar-refractivity contribution in [1.29, 1.82) is 0 Å². The molecule has 0 saturated heterocycles. The maximum atomic E-state index is 6.07. The highest BCUT2D eigenvalue weighted by molar-refractivity contribution is 6.07. The van der Waals surface area contributed by atoms with Gasteiger partial charge in [0.1, 0.15) is 5.58 Å². The van der Waals surface area contributed by atoms with Gasteiger partial charge in [0.25, 0.3) is 0 Å². The van der Waals surface area contributed by atoms with E-state index in [9.17, 15) is 0 Å². The molecule has 6 aromatic carbocycles. The van der Waals surface area contributed by atoms with Crippen molar-refractivity contribution < 1.29 is 4.42 Å². The number of nitrogens with zero attached hydrogens (tertiary/aromatic N) is 2. The molecule has 0 N–H and O–H groups in total. The van der Waals surface area contributed by atoms with Crippen LogP contribution in [0.2, 0.25) is 0 Å². The highest BCUT2D eigenvalue weighted by Gasteiger charge is 2.37. The van der Waals surface area contributed by atoms with E-state index in [1.807, 2.05) is 6.26 Å². The van der Waals surface area contributed by atoms with E-state index in [4.69, 9.17) is 4.42 Å². The zero-order valence-corrected chi connectivity index (χ0v) is 28.4. The summed E-state index contributed by atoms with van der Waals surface area (Å²) in [6.07, 6.45) is 16.6. The maximum absolute atomic E-state index is 6.07. The lowest BCUT2D eigenvalue weighted by Gasteiger charge is -2.41. The van der Waals surface area contributed by atoms with E-state index in [1.54, 1.807) is 0 Å². The molecular weight excluding hydrogens is 621 g/mol. The third-order valence-electron chi connectivity index (χ3n) is 10.9. The van der Waals surface area contributed by atoms with Crippen LogP contribution in [0.5, 0.6) is 0 Å². The smallest absolute Gasteiger partial charge is 0.134 e. The Labute approximate surface area is 298 Å². The van der Waals surface area contributed by atoms with E-state index < -0.39 is 0 Å². The molecule has 0 amide bonds. The van der Waals surface area contributed by atoms with Crippen molar-refractivity contribution in [3.05, 3.63) is 187 Å². The SMILES string of the molecule is CN1C2=C(C=CC1C1C=CC=CC1)N(c1cc(-c3cccc4ccccc34)ccc1-c1ccccc1)c1ccccc1-c1ccc3occc3c12. The van der Waals surface area contributed by atoms with E-state index >= 15 is 0 Å². The molecule has 2 aliphatic heterocycles. The first kappa shape index (κ1) is 29.6. The Balaban J connectivity index is 1.29. The van der Waals surface area contributed by atoms with Gasteiger partial charge in [-0.1, -0.05) is 134 Å². The second kappa shape index (κ2) is 11.9. The number of benzene rings is 6. The largest absolute Gasteiger partial charge is 0.464 e. The van der Waals surface area contributed by atoms with Crippen molar-refractivity contribution in [3.8, 4) is 33.4 Å². The quantitative estimate of drug-likeness (QED) is 0.188. The number of hydrogen-bond donors (Lipinski definition) is 0. The predicted octanol–water partition coefficient (Wildman–Crippen LogP) is 12.4. The molecule has 2 atom stereocenters. The van der Waals surface area contributed by atoms with Gasteiger partial charge in [0, 0.05) is 35.0 Å². The zero-order chi connectivity index (χ0) is 33.9. The molecule has 0 radical (unpaired) electrons. The lowest BCUT2D eigenvalue weighted by molar-refractivity contribution is 0.328. The van der Waals surface area contributed by atoms with Gasteiger partial charge in [-0.3, -0.25) is 0 Å². The van der Waals surface area contributed by atoms with Gasteiger partial charge in [0.15, 0.2) is 0 Å². The van der Waals surface area contributed by atoms with Crippen LogP contribution in [0.15, 0.2) is 186 Å². The fourth-order valence-electron chi connectivity index (χ4n) is 8.53. The van der Waals surface area contributed by atoms with Crippen molar-refractivity contribution in [1.82, 2.24) is 4.90 Å². The normalized spacial score (nSPS) is 17.8. The minimum absolute atomic E-state index is 0.193. The molecule has 3 aliphatic rings. The number of likely N-dealkylation sites (N-methyl/N-ethyl adjacent to an activating group) is 1. The Morgan fingerprint density at radius 1 is 0.608 bits per heavy atom. The fourth-order valence-corrected chi connectivity index (χ4v) is 8.53. The summed E-state index contributed by atoms with van der Waals surface area (Å²) in [4.78, 5) is 5.04. The summed E-state index contributed by atoms with van der Waals surface area (Å²) < 4.78 is 6.07. The summed E-state index contributed by atoms with van der Waals surface area (Å²) in [7, 11) is 2.27. The van der Waals surface area contributed by atoms with Crippen LogP contribution in [0, 0.1) is 5.92 Å². The van der Waals surface area contributed by atoms with E-state index in [1.165, 1.54) is 55.4 Å². The van der Waals surface area contributed by atoms with Crippen LogP contribution in [0.3, 0.4) is 0 Å². The van der Waals surface area contributed by atoms with E-state index in [-0.39, 0.29) is 6.04 Å². The van der Waals surface area contributed by atoms with Crippen LogP contribution in [0.25, 0.3) is 60.8 Å². The number of fused-ring (bicyclic) bond motifs is 7. The Bertz CT molecular complexity index is 2600. The first-order valence-electron chi connectivity index (χ1n) is 17.8. The van der Waals surface area contributed by atoms with Gasteiger partial charge in [-0.25, -0.2) is 0 Å². The molecule has 244 valence electrons. The molecule has 51 heavy (non-hydrogen) atoms. The van der Waals surface area contributed by atoms with Crippen molar-refractivity contribution in [3.63, 3.8) is 0 Å². The second-order valence-electron chi connectivity index (χ2n) is 13.7. The van der Waals surface area contributed by atoms with E-state index in [2.05, 4.69) is 187 Å². The van der Waals surface area contributed by atoms with Crippen molar-refractivity contribution in [2.24, 2.45) is 5.92 Å². The summed E-state index contributed by atoms with van der Waals surface area (Å²) >= 11 is 0. The van der Waals surface area contributed by atoms with Crippen LogP contribution in [0.1, 0.15) is 12.0 Å². The zero-order valence-electron chi connectivity index (χ0n) is 28.4. The van der Waals surface area contributed by atoms with Gasteiger partial charge < -0.3 is 14.2 Å². The molecule has 10 rings (SSSR count). The molecule has 0 spiro atoms. The number of allylic oxidation sites excluding steroid dienone is 4. The second-order valence-corrected chi connectivity index (χ2v) is 13.7. The molecule has 1 aromatic heterocycles. The average Bonchev–Trinajstić information content (AvgIpc) is 3.63. The van der Waals surface area contributed by atoms with Gasteiger partial charge in [-0.05, 0) is 75.9 Å². The molecule has 0 fully saturated rings. The van der Waals surface area contributed by atoms with Gasteiger partial charge in [-0.15, -0.1) is 0 Å². The van der Waals surface area contributed by atoms with Crippen LogP contribution >= 0.6 is 0 Å². The van der Waals surface area contributed by atoms with Gasteiger partial charge in [0.05, 0.1) is 35.1 Å². The van der Waals surface area contributed by atoms with Crippen LogP contribution < -0.4 is 4.90 Å². The highest BCUT2D eigenvalue weighted by Crippen LogP contribution is 2.52. The number of rotatable bonds is 4. The third-order valence-corrected chi connectivity index (χ3v) is 10.9. The average molecular weight is 657 g/mol. The van der Waals surface area contributed by atoms with E-state index in [0.717, 1.165) is 34.5 Å². The fraction of sp³-hybridized carbons (Fsp3) is 0.0833. The summed E-state index contributed by atoms with van der Waals surface area (Å²) in [6.45, 7) is 0. The molecule has 3 heteroatoms. The minimum Gasteiger partial charge on any atom is -0.464 e. The number of hydrogen-bond acceptors (Lipinski definition) is 3. The number of para-hydroxylation sites is 1. The summed E-state index contributed by atoms with van der Waals surface area (Å²) in [5.74, 6) is 0.367. The highest BCUT2D eigenvalue weighted by atomic mass is 16.3. The molecule has 3 nitrogen and oxygen atoms in total. The van der Waals surface area contributed by atoms with Crippen molar-refractivity contribution in [2.75, 3.05) is 11.9 Å². The van der Waals surface area contributed by atoms with Gasteiger partial charge >= 0.3 is 0 Å². The Morgan fingerprint density at radius 2 is 1.41 bits per heavy atom. The third kappa shape index (κ3) is 4.73. The summed E-state index contributed by atoms with van der Waals surface area (Å²) in [6, 6.07) is 48.7. The molecule has 2 unspecified atom stereocenters. The Kier molecular flexibility index (Phi) is 6.92. The predicted molar refractivity (Wildman–Crippen MR) is 213 cm³/mol. The monoisotopic (exact) mass is 656 g/mol. The lowest BCUT2D eigenvalue weighted by Crippen LogP contribution is -2.39. The Morgan fingerprint density at radius 3 is 2.31 bits per heavy atom. The van der Waals surface area contributed by atoms with Crippen LogP contribution in [-0.2, 0) is 0 Å². The van der Waals surface area contributed by atoms with E-state index in [0.29, 0.717) is 5.92 Å². The molecule has 3 heterocycles. The molecule has 0 bridgehead atoms. The summed E-state index contributed by atoms with van der Waals surface area (Å²) in [5, 5.41) is 3.62. The van der Waals surface area contributed by atoms with Gasteiger partial charge in [0.2, 0.25) is 0 Å². The van der Waals surface area contributed by atoms with Crippen LogP contribution in [-0.4, -0.2) is 18.0 Å². The Hall–Kier alpha value is -6.32. The minimum atomic E-state index is 0.193. The van der Waals surface area contributed by atoms with Crippen LogP contribution in [0.4, 0.5) is 11.4 Å². The van der Waals surface area contributed by atoms with Crippen molar-refractivity contribution >= 4 is 38.8 Å². The first-order valence-corrected chi connectivity index (χ1v) is 17.8. The maximum Gasteiger partial charge on any atom is 0.134 e. The molecular formula is C48H36N2O. The number of anilines is 2. The van der Waals surface area contributed by atoms with Crippen molar-refractivity contribution in [2.45, 2.75) is 12.5 Å². The number of furan rings is 1. The topological polar surface area (TPSA) is 19.6 Å². The summed E-state index contributed by atoms with van der Waals surface area (Å²) in [5.41, 5.74) is 13.9. The molecule has 7 aromatic rings. The standard InChI is InChI=1S/C48H36N2O/c1-49-42(34-16-6-3-7-17-34)26-27-44-48(49)47-40(25-28-46-41(47)29-30-51-46)39-20-10-11-22-43(39)50(44)45-31-35(23-24-38(45)33-13-4-2-5-14-33)37-21-12-18-32-15-8-9-19-36(32)37/h2-16,18-31,34,42H,17H2,1H3.